The Kier molecular flexibility index (Phi) is 3.76. The average molecular weight is 290 g/mol. The van der Waals surface area contributed by atoms with Crippen molar-refractivity contribution < 1.29 is 9.53 Å². The van der Waals surface area contributed by atoms with Gasteiger partial charge in [-0.25, -0.2) is 0 Å². The molecule has 2 aromatic heterocycles. The third-order valence-electron chi connectivity index (χ3n) is 3.63. The number of aromatic amines is 1. The Hall–Kier alpha value is -2.12. The van der Waals surface area contributed by atoms with Gasteiger partial charge in [0.1, 0.15) is 5.52 Å². The summed E-state index contributed by atoms with van der Waals surface area (Å²) in [7, 11) is 1.63. The van der Waals surface area contributed by atoms with Gasteiger partial charge in [0, 0.05) is 44.5 Å². The second kappa shape index (κ2) is 5.71. The number of carbonyl (C=O) groups is 1. The van der Waals surface area contributed by atoms with Crippen LogP contribution in [0.15, 0.2) is 23.3 Å². The molecule has 3 rings (SSSR count). The van der Waals surface area contributed by atoms with E-state index in [0.717, 1.165) is 13.1 Å². The van der Waals surface area contributed by atoms with Crippen molar-refractivity contribution in [2.24, 2.45) is 7.05 Å². The molecule has 1 atom stereocenters. The zero-order valence-electron chi connectivity index (χ0n) is 11.8. The number of hydrogen-bond donors (Lipinski definition) is 3. The molecule has 0 aromatic carbocycles. The molecule has 3 N–H and O–H groups in total. The Morgan fingerprint density at radius 2 is 2.43 bits per heavy atom. The Morgan fingerprint density at radius 1 is 1.57 bits per heavy atom. The van der Waals surface area contributed by atoms with Crippen LogP contribution in [-0.2, 0) is 11.8 Å². The summed E-state index contributed by atoms with van der Waals surface area (Å²) >= 11 is 0. The molecule has 7 heteroatoms. The molecule has 1 fully saturated rings. The van der Waals surface area contributed by atoms with Gasteiger partial charge in [0.2, 0.25) is 0 Å². The highest BCUT2D eigenvalue weighted by Crippen LogP contribution is 2.13. The number of aryl methyl sites for hydroxylation is 1. The number of fused-ring (bicyclic) bond motifs is 1. The SMILES string of the molecule is Cn1cc(C(=O)NCC2CNCCO2)c2cc[nH]c2c1=O. The maximum atomic E-state index is 12.3. The van der Waals surface area contributed by atoms with E-state index in [2.05, 4.69) is 15.6 Å². The van der Waals surface area contributed by atoms with Gasteiger partial charge in [0.25, 0.3) is 11.5 Å². The van der Waals surface area contributed by atoms with E-state index in [0.29, 0.717) is 29.6 Å². The summed E-state index contributed by atoms with van der Waals surface area (Å²) < 4.78 is 6.95. The molecule has 2 aromatic rings. The molecule has 0 spiro atoms. The standard InChI is InChI=1S/C14H18N4O3/c1-18-8-11(10-2-3-16-12(10)14(18)20)13(19)17-7-9-6-15-4-5-21-9/h2-3,8-9,15-16H,4-7H2,1H3,(H,17,19). The summed E-state index contributed by atoms with van der Waals surface area (Å²) in [6.07, 6.45) is 3.21. The second-order valence-corrected chi connectivity index (χ2v) is 5.13. The largest absolute Gasteiger partial charge is 0.374 e. The molecule has 7 nitrogen and oxygen atoms in total. The smallest absolute Gasteiger partial charge is 0.274 e. The molecular formula is C14H18N4O3. The van der Waals surface area contributed by atoms with Crippen molar-refractivity contribution in [2.45, 2.75) is 6.10 Å². The van der Waals surface area contributed by atoms with Crippen LogP contribution in [0.4, 0.5) is 0 Å². The van der Waals surface area contributed by atoms with E-state index in [1.165, 1.54) is 4.57 Å². The number of H-pyrrole nitrogens is 1. The van der Waals surface area contributed by atoms with Gasteiger partial charge < -0.3 is 24.9 Å². The Morgan fingerprint density at radius 3 is 3.19 bits per heavy atom. The Balaban J connectivity index is 1.79. The van der Waals surface area contributed by atoms with E-state index in [9.17, 15) is 9.59 Å². The number of nitrogens with zero attached hydrogens (tertiary/aromatic N) is 1. The summed E-state index contributed by atoms with van der Waals surface area (Å²) in [6, 6.07) is 1.74. The van der Waals surface area contributed by atoms with E-state index >= 15 is 0 Å². The minimum atomic E-state index is -0.204. The number of morpholine rings is 1. The molecule has 0 radical (unpaired) electrons. The number of ether oxygens (including phenoxy) is 1. The molecule has 0 saturated carbocycles. The van der Waals surface area contributed by atoms with Crippen LogP contribution in [0.2, 0.25) is 0 Å². The summed E-state index contributed by atoms with van der Waals surface area (Å²) in [5.41, 5.74) is 0.782. The molecule has 1 unspecified atom stereocenters. The predicted octanol–water partition coefficient (Wildman–Crippen LogP) is -0.415. The zero-order valence-corrected chi connectivity index (χ0v) is 11.8. The van der Waals surface area contributed by atoms with Crippen LogP contribution in [-0.4, -0.2) is 47.8 Å². The molecule has 0 aliphatic carbocycles. The van der Waals surface area contributed by atoms with Crippen LogP contribution >= 0.6 is 0 Å². The van der Waals surface area contributed by atoms with Gasteiger partial charge in [-0.15, -0.1) is 0 Å². The molecule has 1 amide bonds. The van der Waals surface area contributed by atoms with Crippen LogP contribution in [0.25, 0.3) is 10.9 Å². The van der Waals surface area contributed by atoms with Crippen molar-refractivity contribution in [2.75, 3.05) is 26.2 Å². The van der Waals surface area contributed by atoms with Crippen molar-refractivity contribution in [3.05, 3.63) is 34.4 Å². The molecule has 1 saturated heterocycles. The van der Waals surface area contributed by atoms with E-state index in [4.69, 9.17) is 4.74 Å². The first-order valence-corrected chi connectivity index (χ1v) is 6.94. The molecule has 3 heterocycles. The van der Waals surface area contributed by atoms with Gasteiger partial charge in [0.15, 0.2) is 0 Å². The fourth-order valence-electron chi connectivity index (χ4n) is 2.50. The third-order valence-corrected chi connectivity index (χ3v) is 3.63. The first kappa shape index (κ1) is 13.8. The van der Waals surface area contributed by atoms with Gasteiger partial charge >= 0.3 is 0 Å². The van der Waals surface area contributed by atoms with Crippen LogP contribution in [0, 0.1) is 0 Å². The van der Waals surface area contributed by atoms with Gasteiger partial charge in [-0.3, -0.25) is 9.59 Å². The normalized spacial score (nSPS) is 18.8. The number of rotatable bonds is 3. The van der Waals surface area contributed by atoms with Crippen molar-refractivity contribution >= 4 is 16.8 Å². The minimum absolute atomic E-state index is 0.0167. The average Bonchev–Trinajstić information content (AvgIpc) is 2.99. The predicted molar refractivity (Wildman–Crippen MR) is 78.5 cm³/mol. The van der Waals surface area contributed by atoms with Gasteiger partial charge in [-0.05, 0) is 6.07 Å². The maximum absolute atomic E-state index is 12.3. The summed E-state index contributed by atoms with van der Waals surface area (Å²) in [4.78, 5) is 27.2. The molecule has 1 aliphatic rings. The van der Waals surface area contributed by atoms with Crippen molar-refractivity contribution in [3.8, 4) is 0 Å². The van der Waals surface area contributed by atoms with Crippen LogP contribution in [0.3, 0.4) is 0 Å². The van der Waals surface area contributed by atoms with Crippen LogP contribution in [0.5, 0.6) is 0 Å². The number of aromatic nitrogens is 2. The number of nitrogens with one attached hydrogen (secondary N) is 3. The number of pyridine rings is 1. The zero-order chi connectivity index (χ0) is 14.8. The molecule has 21 heavy (non-hydrogen) atoms. The van der Waals surface area contributed by atoms with Crippen molar-refractivity contribution in [3.63, 3.8) is 0 Å². The summed E-state index contributed by atoms with van der Waals surface area (Å²) in [5, 5.41) is 6.72. The second-order valence-electron chi connectivity index (χ2n) is 5.13. The summed E-state index contributed by atoms with van der Waals surface area (Å²) in [5.74, 6) is -0.204. The lowest BCUT2D eigenvalue weighted by molar-refractivity contribution is 0.0287. The quantitative estimate of drug-likeness (QED) is 0.717. The minimum Gasteiger partial charge on any atom is -0.374 e. The highest BCUT2D eigenvalue weighted by Gasteiger charge is 2.17. The van der Waals surface area contributed by atoms with Gasteiger partial charge in [-0.1, -0.05) is 0 Å². The fraction of sp³-hybridized carbons (Fsp3) is 0.429. The van der Waals surface area contributed by atoms with Crippen molar-refractivity contribution in [1.29, 1.82) is 0 Å². The fourth-order valence-corrected chi connectivity index (χ4v) is 2.50. The van der Waals surface area contributed by atoms with E-state index in [-0.39, 0.29) is 17.6 Å². The number of hydrogen-bond acceptors (Lipinski definition) is 4. The van der Waals surface area contributed by atoms with E-state index in [1.54, 1.807) is 25.5 Å². The van der Waals surface area contributed by atoms with Crippen LogP contribution in [0.1, 0.15) is 10.4 Å². The highest BCUT2D eigenvalue weighted by atomic mass is 16.5. The molecule has 1 aliphatic heterocycles. The first-order chi connectivity index (χ1) is 10.2. The lowest BCUT2D eigenvalue weighted by Gasteiger charge is -2.23. The van der Waals surface area contributed by atoms with Gasteiger partial charge in [-0.2, -0.15) is 0 Å². The van der Waals surface area contributed by atoms with Crippen LogP contribution < -0.4 is 16.2 Å². The first-order valence-electron chi connectivity index (χ1n) is 6.94. The van der Waals surface area contributed by atoms with E-state index in [1.807, 2.05) is 0 Å². The third kappa shape index (κ3) is 2.70. The molecular weight excluding hydrogens is 272 g/mol. The monoisotopic (exact) mass is 290 g/mol. The topological polar surface area (TPSA) is 88.2 Å². The molecule has 0 bridgehead atoms. The summed E-state index contributed by atoms with van der Waals surface area (Å²) in [6.45, 7) is 2.67. The Bertz CT molecular complexity index is 713. The lowest BCUT2D eigenvalue weighted by atomic mass is 10.1. The lowest BCUT2D eigenvalue weighted by Crippen LogP contribution is -2.45. The number of carbonyl (C=O) groups excluding carboxylic acids is 1. The highest BCUT2D eigenvalue weighted by molar-refractivity contribution is 6.05. The Labute approximate surface area is 121 Å². The van der Waals surface area contributed by atoms with Crippen molar-refractivity contribution in [1.82, 2.24) is 20.2 Å². The number of amides is 1. The maximum Gasteiger partial charge on any atom is 0.274 e. The molecule has 112 valence electrons. The van der Waals surface area contributed by atoms with Gasteiger partial charge in [0.05, 0.1) is 18.3 Å². The van der Waals surface area contributed by atoms with E-state index < -0.39 is 0 Å².